The molecule has 6 saturated carbocycles. The molecule has 7 N–H and O–H groups in total. The predicted molar refractivity (Wildman–Crippen MR) is 222 cm³/mol. The molecule has 4 bridgehead atoms. The van der Waals surface area contributed by atoms with Crippen molar-refractivity contribution < 1.29 is 37.8 Å². The molecule has 6 unspecified atom stereocenters. The third-order valence-corrected chi connectivity index (χ3v) is 14.6. The van der Waals surface area contributed by atoms with E-state index < -0.39 is 32.4 Å². The summed E-state index contributed by atoms with van der Waals surface area (Å²) in [6, 6.07) is -2.34. The van der Waals surface area contributed by atoms with Crippen LogP contribution in [-0.2, 0) is 37.8 Å². The molecular formula is C37H70B2N6O8P2. The number of amides is 4. The Bertz CT molecular complexity index is 1430. The van der Waals surface area contributed by atoms with Crippen LogP contribution in [0.25, 0.3) is 0 Å². The molecular weight excluding hydrogens is 740 g/mol. The van der Waals surface area contributed by atoms with Crippen molar-refractivity contribution in [3.63, 3.8) is 0 Å². The van der Waals surface area contributed by atoms with Crippen LogP contribution in [0, 0.1) is 34.5 Å². The Hall–Kier alpha value is -1.37. The quantitative estimate of drug-likeness (QED) is 0.133. The molecule has 2 saturated heterocycles. The van der Waals surface area contributed by atoms with Gasteiger partial charge in [0.05, 0.1) is 47.4 Å². The van der Waals surface area contributed by atoms with Gasteiger partial charge in [0.25, 0.3) is 0 Å². The monoisotopic (exact) mass is 810 g/mol. The molecule has 14 nitrogen and oxygen atoms in total. The SMILES string of the molecule is CC(N)C(=O)NC(C)C(=O)N[C@@H](C)B1O[C@@H]2C[C@@H]3C[C@@H](C3(C)C)[C@]2(C)O1.CC(NP)C(=O)NC(C)C(=O)N[C@@H](C)B1O[C@@H]2C[C@@H]3C[C@@H](C3(C)C)[C@]2(C)O1.CP. The van der Waals surface area contributed by atoms with Gasteiger partial charge >= 0.3 is 14.2 Å². The summed E-state index contributed by atoms with van der Waals surface area (Å²) >= 11 is 0. The first-order valence-electron chi connectivity index (χ1n) is 20.1. The Kier molecular flexibility index (Phi) is 14.7. The molecule has 8 rings (SSSR count). The Morgan fingerprint density at radius 1 is 0.600 bits per heavy atom. The van der Waals surface area contributed by atoms with Gasteiger partial charge in [0.2, 0.25) is 23.6 Å². The van der Waals surface area contributed by atoms with Gasteiger partial charge in [0.15, 0.2) is 0 Å². The van der Waals surface area contributed by atoms with E-state index in [2.05, 4.69) is 86.5 Å². The van der Waals surface area contributed by atoms with Gasteiger partial charge in [-0.05, 0) is 116 Å². The Balaban J connectivity index is 0.000000234. The minimum atomic E-state index is -0.665. The second kappa shape index (κ2) is 17.5. The van der Waals surface area contributed by atoms with Crippen molar-refractivity contribution in [2.75, 3.05) is 6.66 Å². The molecule has 2 heterocycles. The fraction of sp³-hybridized carbons (Fsp3) is 0.892. The zero-order valence-electron chi connectivity index (χ0n) is 35.4. The molecule has 0 aromatic rings. The zero-order valence-corrected chi connectivity index (χ0v) is 37.7. The average Bonchev–Trinajstić information content (AvgIpc) is 3.68. The molecule has 55 heavy (non-hydrogen) atoms. The summed E-state index contributed by atoms with van der Waals surface area (Å²) in [5, 5.41) is 13.9. The van der Waals surface area contributed by atoms with Crippen LogP contribution in [0.4, 0.5) is 0 Å². The van der Waals surface area contributed by atoms with Crippen molar-refractivity contribution in [2.45, 2.75) is 168 Å². The number of rotatable bonds is 11. The maximum atomic E-state index is 12.5. The summed E-state index contributed by atoms with van der Waals surface area (Å²) in [5.41, 5.74) is 5.51. The molecule has 0 radical (unpaired) electrons. The smallest absolute Gasteiger partial charge is 0.404 e. The first-order chi connectivity index (χ1) is 25.5. The maximum Gasteiger partial charge on any atom is 0.481 e. The van der Waals surface area contributed by atoms with E-state index >= 15 is 0 Å². The van der Waals surface area contributed by atoms with Gasteiger partial charge in [-0.15, -0.1) is 9.24 Å². The predicted octanol–water partition coefficient (Wildman–Crippen LogP) is 2.13. The van der Waals surface area contributed by atoms with Gasteiger partial charge in [-0.25, -0.2) is 0 Å². The van der Waals surface area contributed by atoms with E-state index in [-0.39, 0.29) is 75.8 Å². The number of carbonyl (C=O) groups excluding carboxylic acids is 4. The average molecular weight is 811 g/mol. The Morgan fingerprint density at radius 3 is 1.27 bits per heavy atom. The van der Waals surface area contributed by atoms with E-state index in [0.717, 1.165) is 12.8 Å². The molecule has 18 heteroatoms. The molecule has 2 aliphatic heterocycles. The third kappa shape index (κ3) is 8.97. The van der Waals surface area contributed by atoms with Crippen molar-refractivity contribution in [1.29, 1.82) is 0 Å². The molecule has 0 aromatic carbocycles. The van der Waals surface area contributed by atoms with Crippen LogP contribution in [0.3, 0.4) is 0 Å². The molecule has 8 fully saturated rings. The van der Waals surface area contributed by atoms with E-state index in [1.165, 1.54) is 12.8 Å². The van der Waals surface area contributed by atoms with Crippen LogP contribution in [0.15, 0.2) is 0 Å². The number of hydrogen-bond acceptors (Lipinski definition) is 10. The molecule has 16 atom stereocenters. The highest BCUT2D eigenvalue weighted by Gasteiger charge is 2.69. The van der Waals surface area contributed by atoms with Crippen LogP contribution in [0.2, 0.25) is 0 Å². The number of nitrogens with one attached hydrogen (secondary N) is 5. The summed E-state index contributed by atoms with van der Waals surface area (Å²) in [4.78, 5) is 48.4. The van der Waals surface area contributed by atoms with Crippen molar-refractivity contribution in [3.05, 3.63) is 0 Å². The van der Waals surface area contributed by atoms with Gasteiger partial charge in [0.1, 0.15) is 12.1 Å². The molecule has 0 aromatic heterocycles. The summed E-state index contributed by atoms with van der Waals surface area (Å²) in [7, 11) is 3.78. The minimum absolute atomic E-state index is 0.0823. The van der Waals surface area contributed by atoms with E-state index in [1.54, 1.807) is 27.7 Å². The molecule has 8 aliphatic rings. The number of nitrogens with two attached hydrogens (primary N) is 1. The summed E-state index contributed by atoms with van der Waals surface area (Å²) in [6.07, 6.45) is 4.59. The van der Waals surface area contributed by atoms with Crippen molar-refractivity contribution in [2.24, 2.45) is 40.2 Å². The van der Waals surface area contributed by atoms with E-state index in [0.29, 0.717) is 23.7 Å². The fourth-order valence-electron chi connectivity index (χ4n) is 9.95. The van der Waals surface area contributed by atoms with E-state index in [4.69, 9.17) is 24.4 Å². The van der Waals surface area contributed by atoms with Crippen LogP contribution >= 0.6 is 18.6 Å². The van der Waals surface area contributed by atoms with Crippen molar-refractivity contribution in [1.82, 2.24) is 26.4 Å². The third-order valence-electron chi connectivity index (χ3n) is 14.1. The van der Waals surface area contributed by atoms with Crippen molar-refractivity contribution >= 4 is 56.5 Å². The fourth-order valence-corrected chi connectivity index (χ4v) is 10.1. The number of carbonyl (C=O) groups is 4. The van der Waals surface area contributed by atoms with Crippen LogP contribution in [0.1, 0.15) is 109 Å². The maximum absolute atomic E-state index is 12.5. The van der Waals surface area contributed by atoms with Gasteiger partial charge in [-0.2, -0.15) is 0 Å². The Morgan fingerprint density at radius 2 is 0.945 bits per heavy atom. The number of hydrogen-bond donors (Lipinski definition) is 6. The second-order valence-corrected chi connectivity index (χ2v) is 18.7. The van der Waals surface area contributed by atoms with Crippen LogP contribution < -0.4 is 32.1 Å². The molecule has 4 amide bonds. The second-order valence-electron chi connectivity index (χ2n) is 18.4. The standard InChI is InChI=1S/C18H33BN3O4P.C18H32BN3O4.CH5P/c1-9(20-16(24)10(2)22-27)15(23)21-11(3)19-25-14-8-12-7-13(17(12,4)5)18(14,6)26-19;1-9(20)15(23)21-10(2)16(24)22-11(3)19-25-14-8-12-7-13(17(12,4)5)18(14,6)26-19;1-2/h9-14,22H,7-8,27H2,1-6H3,(H,20,24)(H,21,23);9-14H,7-8,20H2,1-6H3,(H,21,23)(H,22,24);2H2,1H3/t2*9?,10?,11-,12-,13-,14+,18-;/m00./s1. The van der Waals surface area contributed by atoms with Gasteiger partial charge in [-0.1, -0.05) is 43.8 Å². The highest BCUT2D eigenvalue weighted by molar-refractivity contribution is 7.15. The molecule has 0 spiro atoms. The van der Waals surface area contributed by atoms with Gasteiger partial charge < -0.3 is 45.6 Å². The molecule has 6 aliphatic carbocycles. The molecule has 312 valence electrons. The zero-order chi connectivity index (χ0) is 41.6. The van der Waals surface area contributed by atoms with Gasteiger partial charge in [-0.3, -0.25) is 24.3 Å². The summed E-state index contributed by atoms with van der Waals surface area (Å²) < 4.78 is 25.1. The summed E-state index contributed by atoms with van der Waals surface area (Å²) in [5.74, 6) is 0.644. The van der Waals surface area contributed by atoms with E-state index in [1.807, 2.05) is 20.5 Å². The summed E-state index contributed by atoms with van der Waals surface area (Å²) in [6.45, 7) is 25.9. The van der Waals surface area contributed by atoms with E-state index in [9.17, 15) is 19.2 Å². The van der Waals surface area contributed by atoms with Gasteiger partial charge in [0, 0.05) is 0 Å². The lowest BCUT2D eigenvalue weighted by molar-refractivity contribution is -0.199. The van der Waals surface area contributed by atoms with Crippen LogP contribution in [0.5, 0.6) is 0 Å². The highest BCUT2D eigenvalue weighted by Crippen LogP contribution is 2.67. The highest BCUT2D eigenvalue weighted by atomic mass is 31.0. The minimum Gasteiger partial charge on any atom is -0.404 e. The lowest BCUT2D eigenvalue weighted by Gasteiger charge is -2.64. The Labute approximate surface area is 335 Å². The lowest BCUT2D eigenvalue weighted by atomic mass is 9.43. The first kappa shape index (κ1) is 46.3. The topological polar surface area (TPSA) is 191 Å². The van der Waals surface area contributed by atoms with Crippen LogP contribution in [-0.4, -0.2) is 104 Å². The first-order valence-corrected chi connectivity index (χ1v) is 21.9. The normalized spacial score (nSPS) is 36.1. The van der Waals surface area contributed by atoms with Crippen molar-refractivity contribution in [3.8, 4) is 0 Å². The largest absolute Gasteiger partial charge is 0.481 e. The lowest BCUT2D eigenvalue weighted by Crippen LogP contribution is -2.65.